The Kier molecular flexibility index (Phi) is 16.4. The van der Waals surface area contributed by atoms with E-state index in [0.29, 0.717) is 12.8 Å². The molecule has 0 fully saturated rings. The van der Waals surface area contributed by atoms with Crippen molar-refractivity contribution >= 4 is 29.5 Å². The lowest BCUT2D eigenvalue weighted by Crippen LogP contribution is -2.55. The minimum Gasteiger partial charge on any atom is -0.460 e. The van der Waals surface area contributed by atoms with Crippen molar-refractivity contribution in [3.8, 4) is 0 Å². The van der Waals surface area contributed by atoms with Crippen molar-refractivity contribution in [2.24, 2.45) is 11.8 Å². The van der Waals surface area contributed by atoms with E-state index in [1.165, 1.54) is 45.7 Å². The molecular formula is C30H51N3O8. The molecular weight excluding hydrogens is 530 g/mol. The highest BCUT2D eigenvalue weighted by Crippen LogP contribution is 2.23. The summed E-state index contributed by atoms with van der Waals surface area (Å²) in [5, 5.41) is 24.9. The first kappa shape index (κ1) is 36.2. The van der Waals surface area contributed by atoms with E-state index in [-0.39, 0.29) is 0 Å². The third-order valence-electron chi connectivity index (χ3n) is 7.36. The van der Waals surface area contributed by atoms with Gasteiger partial charge in [0.1, 0.15) is 12.6 Å². The smallest absolute Gasteiger partial charge is 0.325 e. The van der Waals surface area contributed by atoms with Crippen LogP contribution in [0.2, 0.25) is 0 Å². The van der Waals surface area contributed by atoms with E-state index in [9.17, 15) is 34.2 Å². The van der Waals surface area contributed by atoms with Crippen molar-refractivity contribution in [2.45, 2.75) is 110 Å². The highest BCUT2D eigenvalue weighted by Gasteiger charge is 2.44. The number of Topliss-reactive ketones (excluding diaryl/α,β-unsaturated/α-hetero) is 1. The maximum absolute atomic E-state index is 13.2. The Morgan fingerprint density at radius 2 is 1.61 bits per heavy atom. The number of rotatable bonds is 12. The van der Waals surface area contributed by atoms with Gasteiger partial charge in [0.25, 0.3) is 5.91 Å². The lowest BCUT2D eigenvalue weighted by atomic mass is 9.85. The number of nitrogens with zero attached hydrogens (tertiary/aromatic N) is 1. The van der Waals surface area contributed by atoms with Crippen LogP contribution < -0.4 is 10.6 Å². The van der Waals surface area contributed by atoms with E-state index in [1.54, 1.807) is 0 Å². The Labute approximate surface area is 244 Å². The zero-order chi connectivity index (χ0) is 31.0. The molecule has 11 nitrogen and oxygen atoms in total. The normalized spacial score (nSPS) is 26.4. The molecule has 0 unspecified atom stereocenters. The molecule has 3 amide bonds. The maximum atomic E-state index is 13.2. The molecule has 11 heteroatoms. The van der Waals surface area contributed by atoms with Gasteiger partial charge in [-0.3, -0.25) is 24.0 Å². The molecule has 0 bridgehead atoms. The van der Waals surface area contributed by atoms with Crippen molar-refractivity contribution in [3.63, 3.8) is 0 Å². The molecule has 0 radical (unpaired) electrons. The van der Waals surface area contributed by atoms with Crippen LogP contribution in [-0.4, -0.2) is 89.1 Å². The van der Waals surface area contributed by atoms with Gasteiger partial charge in [-0.2, -0.15) is 0 Å². The summed E-state index contributed by atoms with van der Waals surface area (Å²) in [5.74, 6) is -4.20. The van der Waals surface area contributed by atoms with Crippen LogP contribution in [0.5, 0.6) is 0 Å². The molecule has 1 aliphatic rings. The molecule has 0 aromatic heterocycles. The van der Waals surface area contributed by atoms with Gasteiger partial charge in [0, 0.05) is 13.1 Å². The summed E-state index contributed by atoms with van der Waals surface area (Å²) < 4.78 is 5.63. The van der Waals surface area contributed by atoms with Crippen LogP contribution in [0.4, 0.5) is 0 Å². The first-order valence-corrected chi connectivity index (χ1v) is 14.9. The molecule has 0 aromatic rings. The average molecular weight is 582 g/mol. The Balaban J connectivity index is 2.91. The number of likely N-dealkylation sites (N-methyl/N-ethyl adjacent to an activating group) is 1. The number of unbranched alkanes of at least 4 members (excludes halogenated alkanes) is 7. The predicted molar refractivity (Wildman–Crippen MR) is 154 cm³/mol. The summed E-state index contributed by atoms with van der Waals surface area (Å²) in [7, 11) is 1.40. The standard InChI is InChI=1S/C30H51N3O8/c1-21(2)14-12-10-8-6-7-9-11-13-15-24-22(3)28(38)30(4,40)29(39)31-18-25(35)32-23(20-34)16-17-26(36)33(5)19-27(37)41-24/h16-17,21-24,34,40H,6-15,18-20H2,1-5H3,(H,31,39)(H,32,35)/b17-16+/t22-,23-,24-,30+/m1/s1. The molecule has 0 saturated carbocycles. The molecule has 41 heavy (non-hydrogen) atoms. The van der Waals surface area contributed by atoms with Gasteiger partial charge in [0.15, 0.2) is 11.4 Å². The monoisotopic (exact) mass is 581 g/mol. The van der Waals surface area contributed by atoms with Crippen LogP contribution in [-0.2, 0) is 28.7 Å². The minimum atomic E-state index is -2.48. The molecule has 234 valence electrons. The van der Waals surface area contributed by atoms with Gasteiger partial charge >= 0.3 is 5.97 Å². The summed E-state index contributed by atoms with van der Waals surface area (Å²) in [6, 6.07) is -0.934. The number of ether oxygens (including phenoxy) is 1. The first-order valence-electron chi connectivity index (χ1n) is 14.9. The van der Waals surface area contributed by atoms with E-state index in [0.717, 1.165) is 49.5 Å². The molecule has 4 N–H and O–H groups in total. The summed E-state index contributed by atoms with van der Waals surface area (Å²) in [5.41, 5.74) is -2.48. The molecule has 0 saturated heterocycles. The fourth-order valence-corrected chi connectivity index (χ4v) is 4.64. The highest BCUT2D eigenvalue weighted by molar-refractivity contribution is 6.10. The number of hydrogen-bond acceptors (Lipinski definition) is 8. The van der Waals surface area contributed by atoms with Crippen LogP contribution in [0, 0.1) is 11.8 Å². The number of carbonyl (C=O) groups excluding carboxylic acids is 5. The highest BCUT2D eigenvalue weighted by atomic mass is 16.5. The van der Waals surface area contributed by atoms with E-state index in [4.69, 9.17) is 4.74 Å². The lowest BCUT2D eigenvalue weighted by Gasteiger charge is -2.29. The number of ketones is 1. The van der Waals surface area contributed by atoms with Gasteiger partial charge in [-0.1, -0.05) is 78.2 Å². The summed E-state index contributed by atoms with van der Waals surface area (Å²) in [4.78, 5) is 64.4. The number of nitrogens with one attached hydrogen (secondary N) is 2. The third kappa shape index (κ3) is 13.6. The molecule has 4 atom stereocenters. The average Bonchev–Trinajstić information content (AvgIpc) is 2.92. The van der Waals surface area contributed by atoms with Crippen LogP contribution >= 0.6 is 0 Å². The van der Waals surface area contributed by atoms with Crippen LogP contribution in [0.25, 0.3) is 0 Å². The Hall–Kier alpha value is -2.79. The minimum absolute atomic E-state index is 0.350. The number of cyclic esters (lactones) is 1. The number of esters is 1. The van der Waals surface area contributed by atoms with Crippen LogP contribution in [0.15, 0.2) is 12.2 Å². The first-order chi connectivity index (χ1) is 19.3. The zero-order valence-corrected chi connectivity index (χ0v) is 25.4. The van der Waals surface area contributed by atoms with Crippen molar-refractivity contribution in [3.05, 3.63) is 12.2 Å². The fourth-order valence-electron chi connectivity index (χ4n) is 4.64. The molecule has 1 rings (SSSR count). The second-order valence-corrected chi connectivity index (χ2v) is 11.6. The maximum Gasteiger partial charge on any atom is 0.325 e. The van der Waals surface area contributed by atoms with Crippen LogP contribution in [0.3, 0.4) is 0 Å². The Morgan fingerprint density at radius 3 is 2.20 bits per heavy atom. The molecule has 1 aliphatic heterocycles. The zero-order valence-electron chi connectivity index (χ0n) is 25.4. The predicted octanol–water partition coefficient (Wildman–Crippen LogP) is 2.03. The van der Waals surface area contributed by atoms with E-state index in [1.807, 2.05) is 0 Å². The number of carbonyl (C=O) groups is 5. The summed E-state index contributed by atoms with van der Waals surface area (Å²) in [6.45, 7) is 5.51. The van der Waals surface area contributed by atoms with Gasteiger partial charge in [-0.25, -0.2) is 0 Å². The van der Waals surface area contributed by atoms with Gasteiger partial charge in [-0.05, 0) is 25.7 Å². The third-order valence-corrected chi connectivity index (χ3v) is 7.36. The summed E-state index contributed by atoms with van der Waals surface area (Å²) >= 11 is 0. The van der Waals surface area contributed by atoms with Gasteiger partial charge < -0.3 is 30.5 Å². The van der Waals surface area contributed by atoms with E-state index in [2.05, 4.69) is 24.5 Å². The van der Waals surface area contributed by atoms with E-state index >= 15 is 0 Å². The molecule has 0 aliphatic carbocycles. The SMILES string of the molecule is CC(C)CCCCCCCCCC[C@H]1OC(=O)CN(C)C(=O)/C=C/[C@H](CO)NC(=O)CNC(=O)[C@@](C)(O)C(=O)[C@@H]1C. The van der Waals surface area contributed by atoms with Gasteiger partial charge in [0.2, 0.25) is 11.8 Å². The van der Waals surface area contributed by atoms with Gasteiger partial charge in [0.05, 0.1) is 25.1 Å². The van der Waals surface area contributed by atoms with Crippen molar-refractivity contribution in [2.75, 3.05) is 26.7 Å². The largest absolute Gasteiger partial charge is 0.460 e. The second kappa shape index (κ2) is 18.6. The van der Waals surface area contributed by atoms with E-state index < -0.39 is 72.8 Å². The molecule has 0 spiro atoms. The Bertz CT molecular complexity index is 902. The number of amides is 3. The summed E-state index contributed by atoms with van der Waals surface area (Å²) in [6.07, 6.45) is 11.6. The Morgan fingerprint density at radius 1 is 1.02 bits per heavy atom. The van der Waals surface area contributed by atoms with Crippen molar-refractivity contribution in [1.82, 2.24) is 15.5 Å². The fraction of sp³-hybridized carbons (Fsp3) is 0.767. The quantitative estimate of drug-likeness (QED) is 0.155. The molecule has 1 heterocycles. The lowest BCUT2D eigenvalue weighted by molar-refractivity contribution is -0.162. The number of hydrogen-bond donors (Lipinski definition) is 4. The number of aliphatic hydroxyl groups is 2. The topological polar surface area (TPSA) is 162 Å². The van der Waals surface area contributed by atoms with Crippen LogP contribution in [0.1, 0.15) is 91.9 Å². The van der Waals surface area contributed by atoms with Crippen molar-refractivity contribution < 1.29 is 38.9 Å². The molecule has 0 aromatic carbocycles. The van der Waals surface area contributed by atoms with Crippen molar-refractivity contribution in [1.29, 1.82) is 0 Å². The van der Waals surface area contributed by atoms with Gasteiger partial charge in [-0.15, -0.1) is 0 Å². The second-order valence-electron chi connectivity index (χ2n) is 11.6. The number of aliphatic hydroxyl groups excluding tert-OH is 1.